The van der Waals surface area contributed by atoms with Crippen LogP contribution in [0.1, 0.15) is 34.3 Å². The van der Waals surface area contributed by atoms with Crippen molar-refractivity contribution in [2.24, 2.45) is 5.92 Å². The lowest BCUT2D eigenvalue weighted by Crippen LogP contribution is -2.54. The summed E-state index contributed by atoms with van der Waals surface area (Å²) in [6, 6.07) is 26.4. The van der Waals surface area contributed by atoms with Crippen molar-refractivity contribution in [1.29, 1.82) is 0 Å². The van der Waals surface area contributed by atoms with Crippen LogP contribution in [-0.2, 0) is 6.18 Å². The van der Waals surface area contributed by atoms with Gasteiger partial charge in [-0.05, 0) is 84.6 Å². The molecule has 7 rings (SSSR count). The van der Waals surface area contributed by atoms with E-state index in [9.17, 15) is 22.8 Å². The van der Waals surface area contributed by atoms with Crippen LogP contribution < -0.4 is 16.0 Å². The lowest BCUT2D eigenvalue weighted by molar-refractivity contribution is -0.137. The molecule has 2 aliphatic rings. The number of rotatable bonds is 4. The van der Waals surface area contributed by atoms with Gasteiger partial charge >= 0.3 is 12.2 Å². The van der Waals surface area contributed by atoms with Crippen LogP contribution in [0.3, 0.4) is 0 Å². The largest absolute Gasteiger partial charge is 0.416 e. The van der Waals surface area contributed by atoms with Crippen LogP contribution in [0.25, 0.3) is 27.9 Å². The number of nitrogens with one attached hydrogen (secondary N) is 3. The van der Waals surface area contributed by atoms with Gasteiger partial charge in [0.25, 0.3) is 0 Å². The maximum atomic E-state index is 14.1. The summed E-state index contributed by atoms with van der Waals surface area (Å²) in [5, 5.41) is 11.0. The Bertz CT molecular complexity index is 1950. The molecule has 0 spiro atoms. The zero-order chi connectivity index (χ0) is 30.4. The van der Waals surface area contributed by atoms with Gasteiger partial charge in [-0.15, -0.1) is 0 Å². The second-order valence-electron chi connectivity index (χ2n) is 11.2. The number of anilines is 2. The number of carbonyl (C=O) groups is 2. The van der Waals surface area contributed by atoms with E-state index in [-0.39, 0.29) is 23.6 Å². The van der Waals surface area contributed by atoms with Crippen molar-refractivity contribution >= 4 is 51.1 Å². The average Bonchev–Trinajstić information content (AvgIpc) is 3.02. The lowest BCUT2D eigenvalue weighted by atomic mass is 9.72. The summed E-state index contributed by atoms with van der Waals surface area (Å²) < 4.78 is 38.8. The molecule has 2 heterocycles. The van der Waals surface area contributed by atoms with Crippen molar-refractivity contribution in [3.8, 4) is 0 Å². The van der Waals surface area contributed by atoms with Crippen LogP contribution in [0, 0.1) is 5.92 Å². The van der Waals surface area contributed by atoms with Crippen molar-refractivity contribution in [2.45, 2.75) is 31.1 Å². The summed E-state index contributed by atoms with van der Waals surface area (Å²) in [5.41, 5.74) is 4.51. The monoisotopic (exact) mass is 592 g/mol. The minimum absolute atomic E-state index is 0.00476. The highest BCUT2D eigenvalue weighted by Gasteiger charge is 2.41. The number of aromatic nitrogens is 1. The van der Waals surface area contributed by atoms with E-state index in [1.54, 1.807) is 0 Å². The lowest BCUT2D eigenvalue weighted by Gasteiger charge is -2.42. The number of para-hydroxylation sites is 2. The molecular formula is C35H27F3N4O2. The fourth-order valence-electron chi connectivity index (χ4n) is 6.26. The van der Waals surface area contributed by atoms with Crippen molar-refractivity contribution in [1.82, 2.24) is 10.3 Å². The molecule has 2 amide bonds. The Balaban J connectivity index is 1.14. The second kappa shape index (κ2) is 10.8. The van der Waals surface area contributed by atoms with Gasteiger partial charge < -0.3 is 16.0 Å². The van der Waals surface area contributed by atoms with Crippen molar-refractivity contribution in [2.75, 3.05) is 10.6 Å². The fourth-order valence-corrected chi connectivity index (χ4v) is 6.26. The molecule has 1 saturated carbocycles. The number of fused-ring (bicyclic) bond motifs is 4. The number of benzene rings is 4. The summed E-state index contributed by atoms with van der Waals surface area (Å²) in [6.45, 7) is 0. The standard InChI is InChI=1S/C35H27F3N4O2/c36-35(37,38)24-10-12-25(13-11-24)39-34(44)42-31-16-14-26(27-19-21-6-2-4-8-29(21)41-32(27)31)33(43)22-9-15-30-23(18-22)17-20-5-1-3-7-28(20)40-30/h1-13,15,17-19,26,31-32,41H,14,16H2,(H2,39,42,44). The third-order valence-electron chi connectivity index (χ3n) is 8.43. The molecule has 220 valence electrons. The van der Waals surface area contributed by atoms with Gasteiger partial charge in [0.05, 0.1) is 28.7 Å². The number of carbonyl (C=O) groups excluding carboxylic acids is 2. The van der Waals surface area contributed by atoms with E-state index >= 15 is 0 Å². The maximum Gasteiger partial charge on any atom is 0.416 e. The van der Waals surface area contributed by atoms with Crippen LogP contribution in [0.4, 0.5) is 29.3 Å². The third kappa shape index (κ3) is 5.25. The first kappa shape index (κ1) is 27.6. The number of pyridine rings is 1. The number of alkyl halides is 3. The van der Waals surface area contributed by atoms with E-state index in [4.69, 9.17) is 4.98 Å². The Kier molecular flexibility index (Phi) is 6.80. The number of hydrogen-bond acceptors (Lipinski definition) is 4. The quantitative estimate of drug-likeness (QED) is 0.146. The van der Waals surface area contributed by atoms with E-state index < -0.39 is 23.7 Å². The number of Topliss-reactive ketones (excluding diaryl/α,β-unsaturated/α-hetero) is 1. The van der Waals surface area contributed by atoms with Crippen LogP contribution in [0.15, 0.2) is 103 Å². The molecule has 0 radical (unpaired) electrons. The second-order valence-corrected chi connectivity index (χ2v) is 11.2. The smallest absolute Gasteiger partial charge is 0.376 e. The predicted octanol–water partition coefficient (Wildman–Crippen LogP) is 8.07. The van der Waals surface area contributed by atoms with Gasteiger partial charge in [-0.1, -0.05) is 42.5 Å². The number of hydrogen-bond donors (Lipinski definition) is 3. The third-order valence-corrected chi connectivity index (χ3v) is 8.43. The normalized spacial score (nSPS) is 19.3. The Morgan fingerprint density at radius 3 is 2.39 bits per heavy atom. The number of ketones is 1. The topological polar surface area (TPSA) is 83.1 Å². The first-order valence-electron chi connectivity index (χ1n) is 14.4. The highest BCUT2D eigenvalue weighted by atomic mass is 19.4. The molecule has 3 unspecified atom stereocenters. The highest BCUT2D eigenvalue weighted by Crippen LogP contribution is 2.40. The van der Waals surface area contributed by atoms with Gasteiger partial charge in [0.2, 0.25) is 0 Å². The van der Waals surface area contributed by atoms with Gasteiger partial charge in [-0.2, -0.15) is 13.2 Å². The SMILES string of the molecule is O=C(Nc1ccc(C(F)(F)F)cc1)NC1CCC(C(=O)c2ccc3nc4ccccc4cc3c2)C2=Cc3ccccc3NC21. The van der Waals surface area contributed by atoms with Gasteiger partial charge in [-0.25, -0.2) is 9.78 Å². The Hall–Kier alpha value is -5.18. The molecule has 1 fully saturated rings. The van der Waals surface area contributed by atoms with Gasteiger partial charge in [0.15, 0.2) is 5.78 Å². The summed E-state index contributed by atoms with van der Waals surface area (Å²) in [6.07, 6.45) is -1.38. The highest BCUT2D eigenvalue weighted by molar-refractivity contribution is 6.04. The van der Waals surface area contributed by atoms with Crippen molar-refractivity contribution in [3.05, 3.63) is 119 Å². The van der Waals surface area contributed by atoms with E-state index in [2.05, 4.69) is 16.0 Å². The molecule has 3 N–H and O–H groups in total. The van der Waals surface area contributed by atoms with Crippen molar-refractivity contribution < 1.29 is 22.8 Å². The van der Waals surface area contributed by atoms with E-state index in [0.29, 0.717) is 18.4 Å². The molecule has 1 aromatic heterocycles. The van der Waals surface area contributed by atoms with Crippen LogP contribution >= 0.6 is 0 Å². The Labute approximate surface area is 251 Å². The van der Waals surface area contributed by atoms with Crippen LogP contribution in [-0.4, -0.2) is 28.9 Å². The first-order chi connectivity index (χ1) is 21.2. The van der Waals surface area contributed by atoms with Gasteiger partial charge in [0, 0.05) is 33.6 Å². The molecule has 1 aliphatic carbocycles. The van der Waals surface area contributed by atoms with Crippen LogP contribution in [0.5, 0.6) is 0 Å². The summed E-state index contributed by atoms with van der Waals surface area (Å²) in [5.74, 6) is -0.395. The van der Waals surface area contributed by atoms with Crippen LogP contribution in [0.2, 0.25) is 0 Å². The first-order valence-corrected chi connectivity index (χ1v) is 14.4. The minimum atomic E-state index is -4.46. The molecule has 44 heavy (non-hydrogen) atoms. The molecule has 1 aliphatic heterocycles. The molecule has 9 heteroatoms. The van der Waals surface area contributed by atoms with E-state index in [1.165, 1.54) is 12.1 Å². The molecule has 6 nitrogen and oxygen atoms in total. The Morgan fingerprint density at radius 1 is 0.818 bits per heavy atom. The van der Waals surface area contributed by atoms with Gasteiger partial charge in [-0.3, -0.25) is 4.79 Å². The number of urea groups is 1. The maximum absolute atomic E-state index is 14.1. The summed E-state index contributed by atoms with van der Waals surface area (Å²) in [7, 11) is 0. The van der Waals surface area contributed by atoms with E-state index in [0.717, 1.165) is 50.8 Å². The molecule has 3 atom stereocenters. The van der Waals surface area contributed by atoms with Gasteiger partial charge in [0.1, 0.15) is 0 Å². The molecule has 4 aromatic carbocycles. The number of halogens is 3. The van der Waals surface area contributed by atoms with Crippen molar-refractivity contribution in [3.63, 3.8) is 0 Å². The summed E-state index contributed by atoms with van der Waals surface area (Å²) >= 11 is 0. The zero-order valence-electron chi connectivity index (χ0n) is 23.4. The fraction of sp³-hybridized carbons (Fsp3) is 0.171. The number of amides is 2. The average molecular weight is 593 g/mol. The Morgan fingerprint density at radius 2 is 1.57 bits per heavy atom. The minimum Gasteiger partial charge on any atom is -0.376 e. The number of nitrogens with zero attached hydrogens (tertiary/aromatic N) is 1. The molecule has 0 saturated heterocycles. The zero-order valence-corrected chi connectivity index (χ0v) is 23.4. The molecule has 0 bridgehead atoms. The van der Waals surface area contributed by atoms with E-state index in [1.807, 2.05) is 78.9 Å². The predicted molar refractivity (Wildman–Crippen MR) is 166 cm³/mol. The molecular weight excluding hydrogens is 565 g/mol. The molecule has 5 aromatic rings. The summed E-state index contributed by atoms with van der Waals surface area (Å²) in [4.78, 5) is 31.8.